The van der Waals surface area contributed by atoms with E-state index in [9.17, 15) is 4.39 Å². The van der Waals surface area contributed by atoms with E-state index in [1.807, 2.05) is 12.1 Å². The van der Waals surface area contributed by atoms with Crippen molar-refractivity contribution in [3.05, 3.63) is 53.5 Å². The Bertz CT molecular complexity index is 663. The highest BCUT2D eigenvalue weighted by Crippen LogP contribution is 2.21. The van der Waals surface area contributed by atoms with Gasteiger partial charge in [0.1, 0.15) is 0 Å². The van der Waals surface area contributed by atoms with Gasteiger partial charge in [-0.25, -0.2) is 4.98 Å². The third-order valence-corrected chi connectivity index (χ3v) is 5.54. The van der Waals surface area contributed by atoms with Crippen LogP contribution in [0.4, 0.5) is 4.39 Å². The van der Waals surface area contributed by atoms with Crippen LogP contribution >= 0.6 is 0 Å². The van der Waals surface area contributed by atoms with E-state index in [1.54, 1.807) is 0 Å². The average Bonchev–Trinajstić information content (AvgIpc) is 2.72. The second-order valence-corrected chi connectivity index (χ2v) is 8.03. The van der Waals surface area contributed by atoms with Crippen molar-refractivity contribution in [1.82, 2.24) is 4.98 Å². The molecule has 0 bridgehead atoms. The standard InChI is InChI=1S/C26H38FN/c1-3-5-7-8-9-10-11-13-15-24-20-21-25(28-26(24)27)23-18-16-22(17-19-23)14-12-6-4-2/h16-21H,3-15H2,1-2H3. The topological polar surface area (TPSA) is 12.9 Å². The van der Waals surface area contributed by atoms with Crippen LogP contribution in [0.1, 0.15) is 95.6 Å². The maximum Gasteiger partial charge on any atom is 0.216 e. The summed E-state index contributed by atoms with van der Waals surface area (Å²) in [5.41, 5.74) is 3.84. The minimum atomic E-state index is -0.299. The van der Waals surface area contributed by atoms with Gasteiger partial charge in [0, 0.05) is 11.1 Å². The van der Waals surface area contributed by atoms with E-state index in [-0.39, 0.29) is 5.95 Å². The lowest BCUT2D eigenvalue weighted by atomic mass is 10.0. The number of hydrogen-bond donors (Lipinski definition) is 0. The number of benzene rings is 1. The number of pyridine rings is 1. The molecule has 0 aliphatic carbocycles. The molecule has 0 atom stereocenters. The Hall–Kier alpha value is -1.70. The van der Waals surface area contributed by atoms with Crippen molar-refractivity contribution >= 4 is 0 Å². The van der Waals surface area contributed by atoms with E-state index < -0.39 is 0 Å². The fourth-order valence-corrected chi connectivity index (χ4v) is 3.68. The molecule has 0 spiro atoms. The summed E-state index contributed by atoms with van der Waals surface area (Å²) in [6, 6.07) is 12.3. The molecule has 2 rings (SSSR count). The van der Waals surface area contributed by atoms with Gasteiger partial charge in [-0.3, -0.25) is 0 Å². The van der Waals surface area contributed by atoms with E-state index in [0.717, 1.165) is 36.1 Å². The Labute approximate surface area is 171 Å². The molecule has 0 aliphatic rings. The Morgan fingerprint density at radius 1 is 0.643 bits per heavy atom. The second-order valence-electron chi connectivity index (χ2n) is 8.03. The molecule has 1 heterocycles. The summed E-state index contributed by atoms with van der Waals surface area (Å²) in [6.07, 6.45) is 15.8. The van der Waals surface area contributed by atoms with Crippen LogP contribution in [0.3, 0.4) is 0 Å². The number of nitrogens with zero attached hydrogens (tertiary/aromatic N) is 1. The molecule has 0 aliphatic heterocycles. The summed E-state index contributed by atoms with van der Waals surface area (Å²) in [5, 5.41) is 0. The van der Waals surface area contributed by atoms with Crippen LogP contribution in [-0.2, 0) is 12.8 Å². The summed E-state index contributed by atoms with van der Waals surface area (Å²) in [6.45, 7) is 4.47. The molecular weight excluding hydrogens is 345 g/mol. The average molecular weight is 384 g/mol. The van der Waals surface area contributed by atoms with Crippen LogP contribution < -0.4 is 0 Å². The van der Waals surface area contributed by atoms with Crippen molar-refractivity contribution in [3.63, 3.8) is 0 Å². The second kappa shape index (κ2) is 13.5. The molecule has 0 unspecified atom stereocenters. The van der Waals surface area contributed by atoms with E-state index in [0.29, 0.717) is 0 Å². The summed E-state index contributed by atoms with van der Waals surface area (Å²) in [7, 11) is 0. The van der Waals surface area contributed by atoms with Crippen LogP contribution in [0.25, 0.3) is 11.3 Å². The van der Waals surface area contributed by atoms with Gasteiger partial charge >= 0.3 is 0 Å². The third kappa shape index (κ3) is 8.12. The van der Waals surface area contributed by atoms with Crippen LogP contribution in [0.15, 0.2) is 36.4 Å². The first kappa shape index (κ1) is 22.6. The smallest absolute Gasteiger partial charge is 0.216 e. The largest absolute Gasteiger partial charge is 0.219 e. The van der Waals surface area contributed by atoms with Crippen LogP contribution in [-0.4, -0.2) is 4.98 Å². The lowest BCUT2D eigenvalue weighted by molar-refractivity contribution is 0.548. The summed E-state index contributed by atoms with van der Waals surface area (Å²) >= 11 is 0. The Morgan fingerprint density at radius 3 is 1.86 bits per heavy atom. The molecule has 0 amide bonds. The molecule has 1 aromatic heterocycles. The number of aryl methyl sites for hydroxylation is 2. The van der Waals surface area contributed by atoms with Gasteiger partial charge < -0.3 is 0 Å². The highest BCUT2D eigenvalue weighted by molar-refractivity contribution is 5.59. The van der Waals surface area contributed by atoms with Crippen molar-refractivity contribution in [2.75, 3.05) is 0 Å². The van der Waals surface area contributed by atoms with Gasteiger partial charge in [-0.05, 0) is 37.3 Å². The van der Waals surface area contributed by atoms with Gasteiger partial charge in [0.2, 0.25) is 5.95 Å². The maximum absolute atomic E-state index is 14.4. The minimum Gasteiger partial charge on any atom is -0.219 e. The van der Waals surface area contributed by atoms with Gasteiger partial charge in [0.05, 0.1) is 5.69 Å². The van der Waals surface area contributed by atoms with Crippen LogP contribution in [0, 0.1) is 5.95 Å². The molecular formula is C26H38FN. The molecule has 2 heteroatoms. The van der Waals surface area contributed by atoms with E-state index >= 15 is 0 Å². The fraction of sp³-hybridized carbons (Fsp3) is 0.577. The fourth-order valence-electron chi connectivity index (χ4n) is 3.68. The van der Waals surface area contributed by atoms with E-state index in [4.69, 9.17) is 0 Å². The quantitative estimate of drug-likeness (QED) is 0.236. The first-order valence-corrected chi connectivity index (χ1v) is 11.5. The third-order valence-electron chi connectivity index (χ3n) is 5.54. The van der Waals surface area contributed by atoms with E-state index in [2.05, 4.69) is 43.1 Å². The summed E-state index contributed by atoms with van der Waals surface area (Å²) < 4.78 is 14.4. The minimum absolute atomic E-state index is 0.299. The number of hydrogen-bond acceptors (Lipinski definition) is 1. The highest BCUT2D eigenvalue weighted by Gasteiger charge is 2.07. The first-order chi connectivity index (χ1) is 13.7. The van der Waals surface area contributed by atoms with Crippen LogP contribution in [0.2, 0.25) is 0 Å². The lowest BCUT2D eigenvalue weighted by Gasteiger charge is -2.07. The maximum atomic E-state index is 14.4. The number of aromatic nitrogens is 1. The van der Waals surface area contributed by atoms with Crippen molar-refractivity contribution < 1.29 is 4.39 Å². The predicted molar refractivity (Wildman–Crippen MR) is 119 cm³/mol. The number of halogens is 1. The van der Waals surface area contributed by atoms with Gasteiger partial charge in [-0.2, -0.15) is 4.39 Å². The van der Waals surface area contributed by atoms with Crippen molar-refractivity contribution in [2.45, 2.75) is 97.3 Å². The Kier molecular flexibility index (Phi) is 10.9. The molecule has 0 N–H and O–H groups in total. The van der Waals surface area contributed by atoms with Crippen molar-refractivity contribution in [1.29, 1.82) is 0 Å². The van der Waals surface area contributed by atoms with Crippen molar-refractivity contribution in [2.24, 2.45) is 0 Å². The van der Waals surface area contributed by atoms with Crippen molar-refractivity contribution in [3.8, 4) is 11.3 Å². The monoisotopic (exact) mass is 383 g/mol. The van der Waals surface area contributed by atoms with E-state index in [1.165, 1.54) is 69.8 Å². The normalized spacial score (nSPS) is 11.1. The zero-order valence-corrected chi connectivity index (χ0v) is 18.0. The molecule has 28 heavy (non-hydrogen) atoms. The molecule has 1 aromatic carbocycles. The molecule has 0 fully saturated rings. The lowest BCUT2D eigenvalue weighted by Crippen LogP contribution is -1.97. The van der Waals surface area contributed by atoms with Gasteiger partial charge in [0.15, 0.2) is 0 Å². The molecule has 2 aromatic rings. The SMILES string of the molecule is CCCCCCCCCCc1ccc(-c2ccc(CCCCC)cc2)nc1F. The Morgan fingerprint density at radius 2 is 1.21 bits per heavy atom. The molecule has 154 valence electrons. The zero-order valence-electron chi connectivity index (χ0n) is 18.0. The van der Waals surface area contributed by atoms with Gasteiger partial charge in [-0.1, -0.05) is 102 Å². The summed E-state index contributed by atoms with van der Waals surface area (Å²) in [5.74, 6) is -0.299. The zero-order chi connectivity index (χ0) is 20.0. The highest BCUT2D eigenvalue weighted by atomic mass is 19.1. The first-order valence-electron chi connectivity index (χ1n) is 11.5. The van der Waals surface area contributed by atoms with Gasteiger partial charge in [0.25, 0.3) is 0 Å². The molecule has 0 saturated heterocycles. The van der Waals surface area contributed by atoms with Crippen LogP contribution in [0.5, 0.6) is 0 Å². The number of rotatable bonds is 14. The number of unbranched alkanes of at least 4 members (excludes halogenated alkanes) is 9. The molecule has 0 radical (unpaired) electrons. The van der Waals surface area contributed by atoms with Gasteiger partial charge in [-0.15, -0.1) is 0 Å². The molecule has 0 saturated carbocycles. The Balaban J connectivity index is 1.78. The summed E-state index contributed by atoms with van der Waals surface area (Å²) in [4.78, 5) is 4.23. The predicted octanol–water partition coefficient (Wildman–Crippen LogP) is 8.30. The molecule has 1 nitrogen and oxygen atoms in total.